The van der Waals surface area contributed by atoms with Crippen molar-refractivity contribution in [3.8, 4) is 0 Å². The Balaban J connectivity index is 3.45. The molecule has 0 aliphatic heterocycles. The second kappa shape index (κ2) is 7.62. The Labute approximate surface area is 88.9 Å². The van der Waals surface area contributed by atoms with E-state index in [1.54, 1.807) is 6.92 Å². The molecule has 0 saturated heterocycles. The molecule has 0 aliphatic rings. The fraction of sp³-hybridized carbons (Fsp3) is 0.778. The lowest BCUT2D eigenvalue weighted by molar-refractivity contribution is -0.140. The van der Waals surface area contributed by atoms with Gasteiger partial charge in [-0.05, 0) is 6.42 Å². The van der Waals surface area contributed by atoms with E-state index in [2.05, 4.69) is 10.1 Å². The summed E-state index contributed by atoms with van der Waals surface area (Å²) in [5, 5.41) is 2.68. The van der Waals surface area contributed by atoms with Crippen LogP contribution in [0.25, 0.3) is 0 Å². The minimum absolute atomic E-state index is 0.0788. The third kappa shape index (κ3) is 5.80. The van der Waals surface area contributed by atoms with Gasteiger partial charge in [-0.25, -0.2) is 0 Å². The van der Waals surface area contributed by atoms with E-state index in [0.29, 0.717) is 25.3 Å². The number of hydrogen-bond acceptors (Lipinski definition) is 3. The standard InChI is InChI=1S/C9H16ClNO3/c1-7(6-10)9(13)11-5-3-4-8(12)14-2/h7H,3-6H2,1-2H3,(H,11,13). The van der Waals surface area contributed by atoms with Crippen molar-refractivity contribution in [3.63, 3.8) is 0 Å². The molecule has 0 aromatic heterocycles. The molecule has 1 amide bonds. The van der Waals surface area contributed by atoms with Gasteiger partial charge in [0, 0.05) is 24.8 Å². The quantitative estimate of drug-likeness (QED) is 0.413. The molecule has 1 N–H and O–H groups in total. The average molecular weight is 222 g/mol. The van der Waals surface area contributed by atoms with Crippen molar-refractivity contribution in [3.05, 3.63) is 0 Å². The van der Waals surface area contributed by atoms with Crippen molar-refractivity contribution in [2.24, 2.45) is 5.92 Å². The first-order chi connectivity index (χ1) is 6.61. The number of carbonyl (C=O) groups excluding carboxylic acids is 2. The van der Waals surface area contributed by atoms with E-state index in [1.165, 1.54) is 7.11 Å². The molecule has 0 bridgehead atoms. The van der Waals surface area contributed by atoms with Gasteiger partial charge in [-0.3, -0.25) is 9.59 Å². The first-order valence-corrected chi connectivity index (χ1v) is 5.05. The van der Waals surface area contributed by atoms with Crippen LogP contribution < -0.4 is 5.32 Å². The van der Waals surface area contributed by atoms with Crippen molar-refractivity contribution < 1.29 is 14.3 Å². The van der Waals surface area contributed by atoms with Crippen LogP contribution in [-0.4, -0.2) is 31.4 Å². The lowest BCUT2D eigenvalue weighted by Gasteiger charge is -2.08. The summed E-state index contributed by atoms with van der Waals surface area (Å²) in [4.78, 5) is 21.9. The number of nitrogens with one attached hydrogen (secondary N) is 1. The third-order valence-electron chi connectivity index (χ3n) is 1.76. The van der Waals surface area contributed by atoms with Gasteiger partial charge < -0.3 is 10.1 Å². The Morgan fingerprint density at radius 2 is 2.14 bits per heavy atom. The van der Waals surface area contributed by atoms with Gasteiger partial charge in [-0.1, -0.05) is 6.92 Å². The molecule has 1 atom stereocenters. The number of methoxy groups -OCH3 is 1. The minimum Gasteiger partial charge on any atom is -0.469 e. The molecule has 0 saturated carbocycles. The fourth-order valence-electron chi connectivity index (χ4n) is 0.791. The highest BCUT2D eigenvalue weighted by Gasteiger charge is 2.10. The SMILES string of the molecule is COC(=O)CCCNC(=O)C(C)CCl. The maximum absolute atomic E-state index is 11.2. The fourth-order valence-corrected chi connectivity index (χ4v) is 0.931. The van der Waals surface area contributed by atoms with E-state index in [4.69, 9.17) is 11.6 Å². The number of hydrogen-bond donors (Lipinski definition) is 1. The Morgan fingerprint density at radius 3 is 2.64 bits per heavy atom. The van der Waals surface area contributed by atoms with E-state index >= 15 is 0 Å². The number of alkyl halides is 1. The Bertz CT molecular complexity index is 196. The van der Waals surface area contributed by atoms with E-state index in [9.17, 15) is 9.59 Å². The summed E-state index contributed by atoms with van der Waals surface area (Å²) >= 11 is 5.50. The van der Waals surface area contributed by atoms with Gasteiger partial charge in [0.2, 0.25) is 5.91 Å². The average Bonchev–Trinajstić information content (AvgIpc) is 2.22. The molecule has 4 nitrogen and oxygen atoms in total. The smallest absolute Gasteiger partial charge is 0.305 e. The Kier molecular flexibility index (Phi) is 7.20. The summed E-state index contributed by atoms with van der Waals surface area (Å²) in [6, 6.07) is 0. The highest BCUT2D eigenvalue weighted by Crippen LogP contribution is 1.97. The lowest BCUT2D eigenvalue weighted by Crippen LogP contribution is -2.31. The van der Waals surface area contributed by atoms with Crippen molar-refractivity contribution in [1.82, 2.24) is 5.32 Å². The predicted molar refractivity (Wildman–Crippen MR) is 54.1 cm³/mol. The van der Waals surface area contributed by atoms with Crippen LogP contribution >= 0.6 is 11.6 Å². The zero-order chi connectivity index (χ0) is 11.0. The molecule has 1 unspecified atom stereocenters. The van der Waals surface area contributed by atoms with Crippen LogP contribution in [0.15, 0.2) is 0 Å². The van der Waals surface area contributed by atoms with Crippen LogP contribution in [-0.2, 0) is 14.3 Å². The third-order valence-corrected chi connectivity index (χ3v) is 2.23. The Morgan fingerprint density at radius 1 is 1.50 bits per heavy atom. The van der Waals surface area contributed by atoms with Crippen LogP contribution in [0.3, 0.4) is 0 Å². The second-order valence-corrected chi connectivity index (χ2v) is 3.33. The number of esters is 1. The molecule has 0 radical (unpaired) electrons. The number of halogens is 1. The molecule has 0 aliphatic carbocycles. The molecule has 0 aromatic carbocycles. The van der Waals surface area contributed by atoms with Crippen molar-refractivity contribution in [1.29, 1.82) is 0 Å². The molecule has 5 heteroatoms. The summed E-state index contributed by atoms with van der Waals surface area (Å²) in [5.74, 6) is -0.215. The maximum atomic E-state index is 11.2. The topological polar surface area (TPSA) is 55.4 Å². The van der Waals surface area contributed by atoms with Crippen molar-refractivity contribution in [2.75, 3.05) is 19.5 Å². The van der Waals surface area contributed by atoms with E-state index in [0.717, 1.165) is 0 Å². The maximum Gasteiger partial charge on any atom is 0.305 e. The van der Waals surface area contributed by atoms with Crippen LogP contribution in [0.1, 0.15) is 19.8 Å². The summed E-state index contributed by atoms with van der Waals surface area (Å²) < 4.78 is 4.45. The largest absolute Gasteiger partial charge is 0.469 e. The highest BCUT2D eigenvalue weighted by molar-refractivity contribution is 6.19. The Hall–Kier alpha value is -0.770. The van der Waals surface area contributed by atoms with Crippen molar-refractivity contribution in [2.45, 2.75) is 19.8 Å². The van der Waals surface area contributed by atoms with Crippen LogP contribution in [0.4, 0.5) is 0 Å². The van der Waals surface area contributed by atoms with E-state index in [1.807, 2.05) is 0 Å². The molecular weight excluding hydrogens is 206 g/mol. The van der Waals surface area contributed by atoms with Gasteiger partial charge in [0.1, 0.15) is 0 Å². The van der Waals surface area contributed by atoms with Gasteiger partial charge in [0.15, 0.2) is 0 Å². The number of rotatable bonds is 6. The first kappa shape index (κ1) is 13.2. The normalized spacial score (nSPS) is 11.9. The monoisotopic (exact) mass is 221 g/mol. The number of amides is 1. The van der Waals surface area contributed by atoms with Gasteiger partial charge >= 0.3 is 5.97 Å². The molecular formula is C9H16ClNO3. The molecule has 82 valence electrons. The summed E-state index contributed by atoms with van der Waals surface area (Å²) in [5.41, 5.74) is 0. The summed E-state index contributed by atoms with van der Waals surface area (Å²) in [7, 11) is 1.34. The molecule has 0 spiro atoms. The zero-order valence-corrected chi connectivity index (χ0v) is 9.26. The molecule has 0 fully saturated rings. The molecule has 0 rings (SSSR count). The van der Waals surface area contributed by atoms with Gasteiger partial charge in [0.25, 0.3) is 0 Å². The lowest BCUT2D eigenvalue weighted by atomic mass is 10.2. The van der Waals surface area contributed by atoms with Gasteiger partial charge in [-0.15, -0.1) is 11.6 Å². The van der Waals surface area contributed by atoms with Crippen LogP contribution in [0, 0.1) is 5.92 Å². The zero-order valence-electron chi connectivity index (χ0n) is 8.51. The minimum atomic E-state index is -0.260. The molecule has 0 aromatic rings. The van der Waals surface area contributed by atoms with Gasteiger partial charge in [0.05, 0.1) is 7.11 Å². The summed E-state index contributed by atoms with van der Waals surface area (Å²) in [6.45, 7) is 2.23. The van der Waals surface area contributed by atoms with E-state index in [-0.39, 0.29) is 17.8 Å². The number of carbonyl (C=O) groups is 2. The van der Waals surface area contributed by atoms with Gasteiger partial charge in [-0.2, -0.15) is 0 Å². The van der Waals surface area contributed by atoms with E-state index < -0.39 is 0 Å². The first-order valence-electron chi connectivity index (χ1n) is 4.52. The second-order valence-electron chi connectivity index (χ2n) is 3.03. The molecule has 14 heavy (non-hydrogen) atoms. The predicted octanol–water partition coefficient (Wildman–Crippen LogP) is 0.931. The summed E-state index contributed by atoms with van der Waals surface area (Å²) in [6.07, 6.45) is 0.916. The van der Waals surface area contributed by atoms with Crippen molar-refractivity contribution >= 4 is 23.5 Å². The molecule has 0 heterocycles. The van der Waals surface area contributed by atoms with Crippen LogP contribution in [0.5, 0.6) is 0 Å². The van der Waals surface area contributed by atoms with Crippen LogP contribution in [0.2, 0.25) is 0 Å². The highest BCUT2D eigenvalue weighted by atomic mass is 35.5. The number of ether oxygens (including phenoxy) is 1.